The fourth-order valence-corrected chi connectivity index (χ4v) is 3.14. The number of likely N-dealkylation sites (tertiary alicyclic amines) is 1. The second kappa shape index (κ2) is 12.3. The van der Waals surface area contributed by atoms with Gasteiger partial charge in [0, 0.05) is 26.7 Å². The quantitative estimate of drug-likeness (QED) is 0.840. The maximum Gasteiger partial charge on any atom is 0.0571 e. The lowest BCUT2D eigenvalue weighted by molar-refractivity contribution is 0.0412. The van der Waals surface area contributed by atoms with E-state index in [1.165, 1.54) is 51.7 Å². The van der Waals surface area contributed by atoms with Crippen molar-refractivity contribution in [2.45, 2.75) is 71.0 Å². The Morgan fingerprint density at radius 3 is 2.00 bits per heavy atom. The molecule has 0 aromatic rings. The van der Waals surface area contributed by atoms with Gasteiger partial charge in [-0.1, -0.05) is 13.8 Å². The molecular weight excluding hydrogens is 276 g/mol. The maximum atomic E-state index is 9.40. The first-order valence-electron chi connectivity index (χ1n) is 9.42. The molecule has 2 heterocycles. The van der Waals surface area contributed by atoms with E-state index in [2.05, 4.69) is 10.2 Å². The Morgan fingerprint density at radius 1 is 1.00 bits per heavy atom. The van der Waals surface area contributed by atoms with E-state index in [-0.39, 0.29) is 6.10 Å². The zero-order valence-corrected chi connectivity index (χ0v) is 15.0. The van der Waals surface area contributed by atoms with Gasteiger partial charge in [-0.2, -0.15) is 0 Å². The molecule has 0 aromatic carbocycles. The molecule has 0 radical (unpaired) electrons. The van der Waals surface area contributed by atoms with Gasteiger partial charge in [0.05, 0.1) is 12.2 Å². The summed E-state index contributed by atoms with van der Waals surface area (Å²) in [7, 11) is 1.78. The molecule has 0 unspecified atom stereocenters. The van der Waals surface area contributed by atoms with Gasteiger partial charge in [-0.25, -0.2) is 0 Å². The summed E-state index contributed by atoms with van der Waals surface area (Å²) in [4.78, 5) is 2.53. The molecule has 4 nitrogen and oxygen atoms in total. The van der Waals surface area contributed by atoms with Crippen LogP contribution in [0.4, 0.5) is 0 Å². The van der Waals surface area contributed by atoms with E-state index in [9.17, 15) is 5.11 Å². The molecule has 0 spiro atoms. The third kappa shape index (κ3) is 7.91. The van der Waals surface area contributed by atoms with Crippen LogP contribution in [0.1, 0.15) is 58.8 Å². The molecule has 1 saturated carbocycles. The van der Waals surface area contributed by atoms with Crippen LogP contribution in [0.3, 0.4) is 0 Å². The smallest absolute Gasteiger partial charge is 0.0571 e. The molecule has 2 N–H and O–H groups in total. The molecule has 4 heteroatoms. The van der Waals surface area contributed by atoms with E-state index < -0.39 is 0 Å². The van der Waals surface area contributed by atoms with Crippen molar-refractivity contribution >= 4 is 0 Å². The number of nitrogens with one attached hydrogen (secondary N) is 1. The van der Waals surface area contributed by atoms with Gasteiger partial charge in [-0.15, -0.1) is 0 Å². The normalized spacial score (nSPS) is 24.5. The fraction of sp³-hybridized carbons (Fsp3) is 1.00. The van der Waals surface area contributed by atoms with E-state index >= 15 is 0 Å². The molecule has 0 amide bonds. The summed E-state index contributed by atoms with van der Waals surface area (Å²) >= 11 is 0. The van der Waals surface area contributed by atoms with Crippen LogP contribution in [0.5, 0.6) is 0 Å². The summed E-state index contributed by atoms with van der Waals surface area (Å²) in [5.74, 6) is 0.895. The minimum atomic E-state index is -0.0285. The van der Waals surface area contributed by atoms with Gasteiger partial charge in [0.2, 0.25) is 0 Å². The number of methoxy groups -OCH3 is 1. The van der Waals surface area contributed by atoms with Crippen molar-refractivity contribution in [3.05, 3.63) is 0 Å². The third-order valence-electron chi connectivity index (χ3n) is 4.92. The maximum absolute atomic E-state index is 9.40. The van der Waals surface area contributed by atoms with Crippen molar-refractivity contribution in [1.82, 2.24) is 10.2 Å². The molecule has 3 aliphatic rings. The highest BCUT2D eigenvalue weighted by Crippen LogP contribution is 2.20. The van der Waals surface area contributed by atoms with Crippen molar-refractivity contribution in [3.63, 3.8) is 0 Å². The Morgan fingerprint density at radius 2 is 1.59 bits per heavy atom. The lowest BCUT2D eigenvalue weighted by atomic mass is 9.96. The number of hydrogen-bond acceptors (Lipinski definition) is 4. The topological polar surface area (TPSA) is 44.7 Å². The minimum absolute atomic E-state index is 0.0285. The van der Waals surface area contributed by atoms with Crippen molar-refractivity contribution in [2.24, 2.45) is 5.92 Å². The van der Waals surface area contributed by atoms with Crippen LogP contribution in [0, 0.1) is 5.92 Å². The molecule has 0 aromatic heterocycles. The SMILES string of the molecule is CC.COC1CCC1.OC1CCN(CC2CCNCC2)CC1. The lowest BCUT2D eigenvalue weighted by Gasteiger charge is -2.33. The number of nitrogens with zero attached hydrogens (tertiary/aromatic N) is 1. The van der Waals surface area contributed by atoms with Gasteiger partial charge in [-0.05, 0) is 64.0 Å². The lowest BCUT2D eigenvalue weighted by Crippen LogP contribution is -2.41. The molecule has 3 rings (SSSR count). The van der Waals surface area contributed by atoms with Gasteiger partial charge < -0.3 is 20.1 Å². The van der Waals surface area contributed by atoms with E-state index in [1.807, 2.05) is 13.8 Å². The predicted octanol–water partition coefficient (Wildman–Crippen LogP) is 2.65. The summed E-state index contributed by atoms with van der Waals surface area (Å²) in [6.07, 6.45) is 9.16. The first kappa shape index (κ1) is 19.9. The van der Waals surface area contributed by atoms with Gasteiger partial charge >= 0.3 is 0 Å². The van der Waals surface area contributed by atoms with Crippen molar-refractivity contribution in [2.75, 3.05) is 39.8 Å². The van der Waals surface area contributed by atoms with Gasteiger partial charge in [-0.3, -0.25) is 0 Å². The van der Waals surface area contributed by atoms with Crippen molar-refractivity contribution in [3.8, 4) is 0 Å². The first-order chi connectivity index (χ1) is 10.8. The minimum Gasteiger partial charge on any atom is -0.393 e. The Kier molecular flexibility index (Phi) is 11.1. The predicted molar refractivity (Wildman–Crippen MR) is 93.3 cm³/mol. The molecule has 2 aliphatic heterocycles. The highest BCUT2D eigenvalue weighted by Gasteiger charge is 2.21. The summed E-state index contributed by atoms with van der Waals surface area (Å²) in [6, 6.07) is 0. The molecule has 3 fully saturated rings. The molecule has 132 valence electrons. The van der Waals surface area contributed by atoms with Crippen LogP contribution < -0.4 is 5.32 Å². The van der Waals surface area contributed by atoms with Crippen LogP contribution >= 0.6 is 0 Å². The average Bonchev–Trinajstić information content (AvgIpc) is 2.52. The van der Waals surface area contributed by atoms with E-state index in [4.69, 9.17) is 4.74 Å². The summed E-state index contributed by atoms with van der Waals surface area (Å²) in [5, 5.41) is 12.8. The highest BCUT2D eigenvalue weighted by molar-refractivity contribution is 4.76. The third-order valence-corrected chi connectivity index (χ3v) is 4.92. The van der Waals surface area contributed by atoms with E-state index in [1.54, 1.807) is 7.11 Å². The van der Waals surface area contributed by atoms with Crippen LogP contribution in [-0.4, -0.2) is 62.0 Å². The summed E-state index contributed by atoms with van der Waals surface area (Å²) in [5.41, 5.74) is 0. The van der Waals surface area contributed by atoms with Crippen LogP contribution in [0.2, 0.25) is 0 Å². The standard InChI is InChI=1S/C11H22N2O.C5H10O.C2H6/c14-11-3-7-13(8-4-11)9-10-1-5-12-6-2-10;1-6-5-3-2-4-5;1-2/h10-12,14H,1-9H2;5H,2-4H2,1H3;1-2H3. The first-order valence-corrected chi connectivity index (χ1v) is 9.42. The monoisotopic (exact) mass is 314 g/mol. The molecular formula is C18H38N2O2. The number of ether oxygens (including phenoxy) is 1. The number of piperidine rings is 2. The summed E-state index contributed by atoms with van der Waals surface area (Å²) in [6.45, 7) is 9.85. The van der Waals surface area contributed by atoms with Crippen LogP contribution in [0.25, 0.3) is 0 Å². The number of rotatable bonds is 3. The molecule has 1 aliphatic carbocycles. The molecule has 22 heavy (non-hydrogen) atoms. The van der Waals surface area contributed by atoms with Crippen LogP contribution in [0.15, 0.2) is 0 Å². The van der Waals surface area contributed by atoms with Gasteiger partial charge in [0.25, 0.3) is 0 Å². The van der Waals surface area contributed by atoms with Crippen LogP contribution in [-0.2, 0) is 4.74 Å². The second-order valence-corrected chi connectivity index (χ2v) is 6.51. The average molecular weight is 315 g/mol. The molecule has 2 saturated heterocycles. The Labute approximate surface area is 137 Å². The Bertz CT molecular complexity index is 243. The number of aliphatic hydroxyl groups excluding tert-OH is 1. The zero-order valence-electron chi connectivity index (χ0n) is 15.0. The molecule has 0 bridgehead atoms. The van der Waals surface area contributed by atoms with Crippen molar-refractivity contribution < 1.29 is 9.84 Å². The zero-order chi connectivity index (χ0) is 16.2. The van der Waals surface area contributed by atoms with Crippen molar-refractivity contribution in [1.29, 1.82) is 0 Å². The largest absolute Gasteiger partial charge is 0.393 e. The molecule has 0 atom stereocenters. The van der Waals surface area contributed by atoms with E-state index in [0.29, 0.717) is 6.10 Å². The van der Waals surface area contributed by atoms with Gasteiger partial charge in [0.1, 0.15) is 0 Å². The second-order valence-electron chi connectivity index (χ2n) is 6.51. The number of hydrogen-bond donors (Lipinski definition) is 2. The fourth-order valence-electron chi connectivity index (χ4n) is 3.14. The Hall–Kier alpha value is -0.160. The van der Waals surface area contributed by atoms with E-state index in [0.717, 1.165) is 31.8 Å². The summed E-state index contributed by atoms with van der Waals surface area (Å²) < 4.78 is 4.99. The highest BCUT2D eigenvalue weighted by atomic mass is 16.5. The number of aliphatic hydroxyl groups is 1. The van der Waals surface area contributed by atoms with Gasteiger partial charge in [0.15, 0.2) is 0 Å². The Balaban J connectivity index is 0.000000253.